The molecule has 1 N–H and O–H groups in total. The Morgan fingerprint density at radius 3 is 2.68 bits per heavy atom. The number of rotatable bonds is 5. The van der Waals surface area contributed by atoms with Crippen LogP contribution in [-0.4, -0.2) is 46.1 Å². The molecule has 1 saturated heterocycles. The summed E-state index contributed by atoms with van der Waals surface area (Å²) in [5.41, 5.74) is -0.724. The molecule has 2 aromatic rings. The fraction of sp³-hybridized carbons (Fsp3) is 0.500. The number of amides is 2. The van der Waals surface area contributed by atoms with Crippen molar-refractivity contribution >= 4 is 11.8 Å². The van der Waals surface area contributed by atoms with Crippen molar-refractivity contribution in [3.05, 3.63) is 42.6 Å². The number of nitrogens with one attached hydrogen (secondary N) is 1. The van der Waals surface area contributed by atoms with Gasteiger partial charge in [0.05, 0.1) is 6.26 Å². The van der Waals surface area contributed by atoms with Gasteiger partial charge in [0.2, 0.25) is 5.91 Å². The summed E-state index contributed by atoms with van der Waals surface area (Å²) in [6.07, 6.45) is 8.49. The molecule has 1 aliphatic carbocycles. The van der Waals surface area contributed by atoms with Crippen LogP contribution in [0.25, 0.3) is 0 Å². The molecule has 4 rings (SSSR count). The number of nitrogens with zero attached hydrogens (tertiary/aromatic N) is 3. The first-order chi connectivity index (χ1) is 12.2. The smallest absolute Gasteiger partial charge is 0.289 e. The van der Waals surface area contributed by atoms with E-state index in [1.807, 2.05) is 12.3 Å². The van der Waals surface area contributed by atoms with Gasteiger partial charge in [-0.05, 0) is 49.8 Å². The van der Waals surface area contributed by atoms with Crippen LogP contribution in [0.4, 0.5) is 0 Å². The Kier molecular flexibility index (Phi) is 4.07. The maximum Gasteiger partial charge on any atom is 0.289 e. The monoisotopic (exact) mass is 342 g/mol. The van der Waals surface area contributed by atoms with E-state index in [0.29, 0.717) is 37.6 Å². The van der Waals surface area contributed by atoms with Crippen LogP contribution in [0.2, 0.25) is 0 Å². The molecule has 132 valence electrons. The second-order valence-electron chi connectivity index (χ2n) is 6.91. The highest BCUT2D eigenvalue weighted by atomic mass is 16.3. The highest BCUT2D eigenvalue weighted by Gasteiger charge is 2.45. The Morgan fingerprint density at radius 1 is 1.28 bits per heavy atom. The van der Waals surface area contributed by atoms with Crippen LogP contribution in [0.3, 0.4) is 0 Å². The second kappa shape index (κ2) is 6.38. The minimum absolute atomic E-state index is 0.00759. The minimum atomic E-state index is -0.724. The normalized spacial score (nSPS) is 19.6. The topological polar surface area (TPSA) is 80.4 Å². The van der Waals surface area contributed by atoms with E-state index in [-0.39, 0.29) is 11.8 Å². The van der Waals surface area contributed by atoms with Gasteiger partial charge in [-0.2, -0.15) is 5.10 Å². The van der Waals surface area contributed by atoms with E-state index < -0.39 is 5.54 Å². The number of piperidine rings is 1. The van der Waals surface area contributed by atoms with Crippen LogP contribution in [0.1, 0.15) is 36.2 Å². The van der Waals surface area contributed by atoms with E-state index in [2.05, 4.69) is 10.4 Å². The predicted octanol–water partition coefficient (Wildman–Crippen LogP) is 1.63. The quantitative estimate of drug-likeness (QED) is 0.896. The largest absolute Gasteiger partial charge is 0.459 e. The number of hydrogen-bond acceptors (Lipinski definition) is 4. The van der Waals surface area contributed by atoms with Crippen molar-refractivity contribution in [1.29, 1.82) is 0 Å². The van der Waals surface area contributed by atoms with Crippen molar-refractivity contribution in [3.8, 4) is 0 Å². The standard InChI is InChI=1S/C18H22N4O3/c23-16(15-3-1-12-25-15)21-10-6-18(7-11-21,22-9-2-8-20-22)17(24)19-13-14-4-5-14/h1-3,8-9,12,14H,4-7,10-11,13H2,(H,19,24). The van der Waals surface area contributed by atoms with Gasteiger partial charge >= 0.3 is 0 Å². The third kappa shape index (κ3) is 3.06. The van der Waals surface area contributed by atoms with E-state index in [0.717, 1.165) is 6.54 Å². The van der Waals surface area contributed by atoms with Gasteiger partial charge in [0.15, 0.2) is 5.76 Å². The van der Waals surface area contributed by atoms with E-state index in [9.17, 15) is 9.59 Å². The first kappa shape index (κ1) is 15.9. The third-order valence-electron chi connectivity index (χ3n) is 5.22. The number of likely N-dealkylation sites (tertiary alicyclic amines) is 1. The maximum atomic E-state index is 13.0. The van der Waals surface area contributed by atoms with Gasteiger partial charge < -0.3 is 14.6 Å². The summed E-state index contributed by atoms with van der Waals surface area (Å²) < 4.78 is 6.96. The Balaban J connectivity index is 1.49. The van der Waals surface area contributed by atoms with Crippen LogP contribution in [0.15, 0.2) is 41.3 Å². The zero-order chi connectivity index (χ0) is 17.3. The Labute approximate surface area is 146 Å². The molecule has 3 heterocycles. The van der Waals surface area contributed by atoms with Crippen LogP contribution in [0.5, 0.6) is 0 Å². The minimum Gasteiger partial charge on any atom is -0.459 e. The average molecular weight is 342 g/mol. The van der Waals surface area contributed by atoms with Crippen molar-refractivity contribution in [1.82, 2.24) is 20.0 Å². The highest BCUT2D eigenvalue weighted by Crippen LogP contribution is 2.32. The Morgan fingerprint density at radius 2 is 2.08 bits per heavy atom. The van der Waals surface area contributed by atoms with Crippen LogP contribution < -0.4 is 5.32 Å². The molecular weight excluding hydrogens is 320 g/mol. The summed E-state index contributed by atoms with van der Waals surface area (Å²) in [6, 6.07) is 5.20. The molecule has 1 aliphatic heterocycles. The zero-order valence-electron chi connectivity index (χ0n) is 14.1. The molecule has 2 fully saturated rings. The lowest BCUT2D eigenvalue weighted by Gasteiger charge is -2.40. The molecule has 1 saturated carbocycles. The fourth-order valence-electron chi connectivity index (χ4n) is 3.44. The second-order valence-corrected chi connectivity index (χ2v) is 6.91. The summed E-state index contributed by atoms with van der Waals surface area (Å²) in [4.78, 5) is 27.2. The number of hydrogen-bond donors (Lipinski definition) is 1. The lowest BCUT2D eigenvalue weighted by molar-refractivity contribution is -0.133. The summed E-state index contributed by atoms with van der Waals surface area (Å²) in [5, 5.41) is 7.42. The number of furan rings is 1. The van der Waals surface area contributed by atoms with Gasteiger partial charge in [0.1, 0.15) is 5.54 Å². The van der Waals surface area contributed by atoms with E-state index in [4.69, 9.17) is 4.42 Å². The predicted molar refractivity (Wildman–Crippen MR) is 89.8 cm³/mol. The molecule has 0 atom stereocenters. The van der Waals surface area contributed by atoms with Gasteiger partial charge in [-0.15, -0.1) is 0 Å². The molecule has 7 nitrogen and oxygen atoms in total. The SMILES string of the molecule is O=C(c1ccco1)N1CCC(C(=O)NCC2CC2)(n2cccn2)CC1. The van der Waals surface area contributed by atoms with Gasteiger partial charge in [0.25, 0.3) is 5.91 Å². The van der Waals surface area contributed by atoms with Crippen molar-refractivity contribution in [3.63, 3.8) is 0 Å². The molecule has 0 radical (unpaired) electrons. The van der Waals surface area contributed by atoms with Crippen molar-refractivity contribution in [2.45, 2.75) is 31.2 Å². The summed E-state index contributed by atoms with van der Waals surface area (Å²) in [6.45, 7) is 1.73. The van der Waals surface area contributed by atoms with Gasteiger partial charge in [0, 0.05) is 32.0 Å². The van der Waals surface area contributed by atoms with Crippen molar-refractivity contribution in [2.75, 3.05) is 19.6 Å². The lowest BCUT2D eigenvalue weighted by atomic mass is 9.86. The molecule has 2 aliphatic rings. The van der Waals surface area contributed by atoms with E-state index >= 15 is 0 Å². The third-order valence-corrected chi connectivity index (χ3v) is 5.22. The first-order valence-electron chi connectivity index (χ1n) is 8.80. The van der Waals surface area contributed by atoms with E-state index in [1.54, 1.807) is 27.9 Å². The van der Waals surface area contributed by atoms with Gasteiger partial charge in [-0.1, -0.05) is 0 Å². The molecule has 0 spiro atoms. The molecule has 0 bridgehead atoms. The summed E-state index contributed by atoms with van der Waals surface area (Å²) in [5.74, 6) is 0.842. The molecule has 0 aromatic carbocycles. The molecular formula is C18H22N4O3. The van der Waals surface area contributed by atoms with Crippen LogP contribution in [0, 0.1) is 5.92 Å². The Hall–Kier alpha value is -2.57. The lowest BCUT2D eigenvalue weighted by Crippen LogP contribution is -2.56. The highest BCUT2D eigenvalue weighted by molar-refractivity contribution is 5.92. The maximum absolute atomic E-state index is 13.0. The van der Waals surface area contributed by atoms with E-state index in [1.165, 1.54) is 19.1 Å². The molecule has 25 heavy (non-hydrogen) atoms. The van der Waals surface area contributed by atoms with Gasteiger partial charge in [-0.25, -0.2) is 0 Å². The van der Waals surface area contributed by atoms with Crippen LogP contribution >= 0.6 is 0 Å². The van der Waals surface area contributed by atoms with Crippen molar-refractivity contribution in [2.24, 2.45) is 5.92 Å². The molecule has 7 heteroatoms. The molecule has 0 unspecified atom stereocenters. The first-order valence-corrected chi connectivity index (χ1v) is 8.80. The average Bonchev–Trinajstić information content (AvgIpc) is 3.09. The number of carbonyl (C=O) groups excluding carboxylic acids is 2. The van der Waals surface area contributed by atoms with Gasteiger partial charge in [-0.3, -0.25) is 14.3 Å². The number of aromatic nitrogens is 2. The number of carbonyl (C=O) groups is 2. The van der Waals surface area contributed by atoms with Crippen LogP contribution in [-0.2, 0) is 10.3 Å². The zero-order valence-corrected chi connectivity index (χ0v) is 14.1. The molecule has 2 aromatic heterocycles. The van der Waals surface area contributed by atoms with Crippen molar-refractivity contribution < 1.29 is 14.0 Å². The fourth-order valence-corrected chi connectivity index (χ4v) is 3.44. The summed E-state index contributed by atoms with van der Waals surface area (Å²) in [7, 11) is 0. The molecule has 2 amide bonds. The Bertz CT molecular complexity index is 726. The summed E-state index contributed by atoms with van der Waals surface area (Å²) >= 11 is 0.